The van der Waals surface area contributed by atoms with Crippen molar-refractivity contribution in [1.29, 1.82) is 0 Å². The molecule has 1 N–H and O–H groups in total. The summed E-state index contributed by atoms with van der Waals surface area (Å²) >= 11 is 0. The largest absolute Gasteiger partial charge is 0.388 e. The van der Waals surface area contributed by atoms with Gasteiger partial charge < -0.3 is 5.11 Å². The lowest BCUT2D eigenvalue weighted by atomic mass is 9.77. The van der Waals surface area contributed by atoms with Crippen molar-refractivity contribution in [1.82, 2.24) is 0 Å². The van der Waals surface area contributed by atoms with Gasteiger partial charge in [-0.15, -0.1) is 0 Å². The molecule has 1 aromatic carbocycles. The Morgan fingerprint density at radius 2 is 1.69 bits per heavy atom. The lowest BCUT2D eigenvalue weighted by Gasteiger charge is -2.31. The average molecular weight is 220 g/mol. The normalized spacial score (nSPS) is 14.1. The molecule has 0 bridgehead atoms. The third-order valence-electron chi connectivity index (χ3n) is 3.22. The number of aliphatic hydroxyl groups is 1. The highest BCUT2D eigenvalue weighted by molar-refractivity contribution is 5.19. The summed E-state index contributed by atoms with van der Waals surface area (Å²) in [5, 5.41) is 10.4. The summed E-state index contributed by atoms with van der Waals surface area (Å²) in [4.78, 5) is 0. The van der Waals surface area contributed by atoms with Crippen LogP contribution in [0, 0.1) is 11.3 Å². The quantitative estimate of drug-likeness (QED) is 0.789. The number of aliphatic hydroxyl groups excluding tert-OH is 1. The summed E-state index contributed by atoms with van der Waals surface area (Å²) in [6.45, 7) is 8.75. The van der Waals surface area contributed by atoms with Gasteiger partial charge in [0.1, 0.15) is 0 Å². The number of benzene rings is 1. The number of rotatable bonds is 5. The highest BCUT2D eigenvalue weighted by Gasteiger charge is 2.28. The Morgan fingerprint density at radius 3 is 2.19 bits per heavy atom. The Balaban J connectivity index is 2.68. The molecule has 0 aliphatic rings. The summed E-state index contributed by atoms with van der Waals surface area (Å²) < 4.78 is 0. The molecule has 0 radical (unpaired) electrons. The fraction of sp³-hybridized carbons (Fsp3) is 0.600. The summed E-state index contributed by atoms with van der Waals surface area (Å²) in [5.74, 6) is 0.697. The first-order valence-corrected chi connectivity index (χ1v) is 6.16. The zero-order chi connectivity index (χ0) is 12.2. The Kier molecular flexibility index (Phi) is 4.55. The van der Waals surface area contributed by atoms with Crippen molar-refractivity contribution >= 4 is 0 Å². The molecule has 90 valence electrons. The summed E-state index contributed by atoms with van der Waals surface area (Å²) in [7, 11) is 0. The molecular weight excluding hydrogens is 196 g/mol. The molecule has 0 aliphatic heterocycles. The molecule has 1 unspecified atom stereocenters. The van der Waals surface area contributed by atoms with Crippen LogP contribution in [-0.2, 0) is 0 Å². The van der Waals surface area contributed by atoms with E-state index < -0.39 is 0 Å². The lowest BCUT2D eigenvalue weighted by molar-refractivity contribution is 0.0392. The maximum absolute atomic E-state index is 10.4. The van der Waals surface area contributed by atoms with Crippen LogP contribution in [0.25, 0.3) is 0 Å². The Hall–Kier alpha value is -0.820. The third-order valence-corrected chi connectivity index (χ3v) is 3.22. The average Bonchev–Trinajstić information content (AvgIpc) is 2.27. The maximum atomic E-state index is 10.4. The van der Waals surface area contributed by atoms with E-state index in [1.54, 1.807) is 0 Å². The van der Waals surface area contributed by atoms with E-state index in [-0.39, 0.29) is 11.5 Å². The van der Waals surface area contributed by atoms with E-state index in [4.69, 9.17) is 0 Å². The minimum Gasteiger partial charge on any atom is -0.388 e. The summed E-state index contributed by atoms with van der Waals surface area (Å²) in [6.07, 6.45) is 1.85. The van der Waals surface area contributed by atoms with Crippen LogP contribution in [0.1, 0.15) is 52.2 Å². The van der Waals surface area contributed by atoms with Gasteiger partial charge in [-0.05, 0) is 23.3 Å². The molecular formula is C15H24O. The van der Waals surface area contributed by atoms with Gasteiger partial charge in [-0.2, -0.15) is 0 Å². The zero-order valence-electron chi connectivity index (χ0n) is 10.9. The second-order valence-corrected chi connectivity index (χ2v) is 5.73. The second-order valence-electron chi connectivity index (χ2n) is 5.73. The molecule has 1 rings (SSSR count). The van der Waals surface area contributed by atoms with Gasteiger partial charge in [0.25, 0.3) is 0 Å². The predicted molar refractivity (Wildman–Crippen MR) is 69.3 cm³/mol. The first-order valence-electron chi connectivity index (χ1n) is 6.16. The van der Waals surface area contributed by atoms with E-state index in [0.29, 0.717) is 5.92 Å². The first-order chi connectivity index (χ1) is 7.43. The van der Waals surface area contributed by atoms with E-state index in [2.05, 4.69) is 27.7 Å². The molecule has 0 aromatic heterocycles. The minimum atomic E-state index is -0.368. The van der Waals surface area contributed by atoms with Gasteiger partial charge in [0, 0.05) is 0 Å². The van der Waals surface area contributed by atoms with Crippen molar-refractivity contribution in [2.75, 3.05) is 0 Å². The Labute approximate surface area is 99.5 Å². The Morgan fingerprint density at radius 1 is 1.12 bits per heavy atom. The highest BCUT2D eigenvalue weighted by Crippen LogP contribution is 2.38. The van der Waals surface area contributed by atoms with E-state index in [0.717, 1.165) is 18.4 Å². The molecule has 1 heteroatoms. The van der Waals surface area contributed by atoms with Crippen LogP contribution >= 0.6 is 0 Å². The van der Waals surface area contributed by atoms with Gasteiger partial charge in [-0.1, -0.05) is 64.4 Å². The van der Waals surface area contributed by atoms with Gasteiger partial charge in [0.2, 0.25) is 0 Å². The maximum Gasteiger partial charge on any atom is 0.0840 e. The SMILES string of the molecule is CC(C)CCC(C)(C)C(O)c1ccccc1. The topological polar surface area (TPSA) is 20.2 Å². The zero-order valence-corrected chi connectivity index (χ0v) is 10.9. The monoisotopic (exact) mass is 220 g/mol. The molecule has 0 fully saturated rings. The fourth-order valence-electron chi connectivity index (χ4n) is 1.88. The molecule has 0 amide bonds. The molecule has 0 aliphatic carbocycles. The first kappa shape index (κ1) is 13.2. The molecule has 1 atom stereocenters. The van der Waals surface area contributed by atoms with Gasteiger partial charge >= 0.3 is 0 Å². The number of hydrogen-bond donors (Lipinski definition) is 1. The molecule has 16 heavy (non-hydrogen) atoms. The van der Waals surface area contributed by atoms with Crippen LogP contribution in [-0.4, -0.2) is 5.11 Å². The molecule has 1 aromatic rings. The van der Waals surface area contributed by atoms with E-state index >= 15 is 0 Å². The van der Waals surface area contributed by atoms with Gasteiger partial charge in [0.15, 0.2) is 0 Å². The van der Waals surface area contributed by atoms with Crippen LogP contribution in [0.2, 0.25) is 0 Å². The highest BCUT2D eigenvalue weighted by atomic mass is 16.3. The molecule has 0 saturated carbocycles. The summed E-state index contributed by atoms with van der Waals surface area (Å²) in [6, 6.07) is 9.95. The molecule has 0 saturated heterocycles. The molecule has 1 nitrogen and oxygen atoms in total. The van der Waals surface area contributed by atoms with Crippen LogP contribution in [0.15, 0.2) is 30.3 Å². The lowest BCUT2D eigenvalue weighted by Crippen LogP contribution is -2.22. The van der Waals surface area contributed by atoms with E-state index in [1.165, 1.54) is 0 Å². The van der Waals surface area contributed by atoms with Gasteiger partial charge in [0.05, 0.1) is 6.10 Å². The number of hydrogen-bond acceptors (Lipinski definition) is 1. The van der Waals surface area contributed by atoms with Crippen molar-refractivity contribution in [3.63, 3.8) is 0 Å². The fourth-order valence-corrected chi connectivity index (χ4v) is 1.88. The van der Waals surface area contributed by atoms with Crippen molar-refractivity contribution in [3.8, 4) is 0 Å². The standard InChI is InChI=1S/C15H24O/c1-12(2)10-11-15(3,4)14(16)13-8-6-5-7-9-13/h5-9,12,14,16H,10-11H2,1-4H3. The van der Waals surface area contributed by atoms with Crippen LogP contribution < -0.4 is 0 Å². The minimum absolute atomic E-state index is 0.0500. The van der Waals surface area contributed by atoms with E-state index in [9.17, 15) is 5.11 Å². The third kappa shape index (κ3) is 3.64. The molecule has 0 heterocycles. The molecule has 0 spiro atoms. The summed E-state index contributed by atoms with van der Waals surface area (Å²) in [5.41, 5.74) is 0.974. The Bertz CT molecular complexity index is 300. The van der Waals surface area contributed by atoms with Crippen LogP contribution in [0.4, 0.5) is 0 Å². The predicted octanol–water partition coefficient (Wildman–Crippen LogP) is 4.18. The van der Waals surface area contributed by atoms with Crippen molar-refractivity contribution in [2.24, 2.45) is 11.3 Å². The van der Waals surface area contributed by atoms with Crippen molar-refractivity contribution < 1.29 is 5.11 Å². The van der Waals surface area contributed by atoms with E-state index in [1.807, 2.05) is 30.3 Å². The van der Waals surface area contributed by atoms with Crippen molar-refractivity contribution in [2.45, 2.75) is 46.6 Å². The second kappa shape index (κ2) is 5.49. The smallest absolute Gasteiger partial charge is 0.0840 e. The van der Waals surface area contributed by atoms with Crippen LogP contribution in [0.3, 0.4) is 0 Å². The van der Waals surface area contributed by atoms with Gasteiger partial charge in [-0.25, -0.2) is 0 Å². The van der Waals surface area contributed by atoms with Crippen molar-refractivity contribution in [3.05, 3.63) is 35.9 Å². The van der Waals surface area contributed by atoms with Crippen LogP contribution in [0.5, 0.6) is 0 Å². The van der Waals surface area contributed by atoms with Gasteiger partial charge in [-0.3, -0.25) is 0 Å².